The Balaban J connectivity index is 1.34. The summed E-state index contributed by atoms with van der Waals surface area (Å²) in [6, 6.07) is 14.4. The molecule has 3 aromatic rings. The predicted molar refractivity (Wildman–Crippen MR) is 150 cm³/mol. The number of aliphatic hydroxyl groups excluding tert-OH is 1. The Morgan fingerprint density at radius 3 is 1.79 bits per heavy atom. The van der Waals surface area contributed by atoms with Crippen molar-refractivity contribution in [2.45, 2.75) is 39.0 Å². The molecule has 0 spiro atoms. The number of amides is 2. The predicted octanol–water partition coefficient (Wildman–Crippen LogP) is 3.69. The van der Waals surface area contributed by atoms with Crippen LogP contribution in [-0.2, 0) is 9.47 Å². The van der Waals surface area contributed by atoms with Gasteiger partial charge in [-0.2, -0.15) is 15.0 Å². The lowest BCUT2D eigenvalue weighted by Crippen LogP contribution is -2.46. The van der Waals surface area contributed by atoms with E-state index in [4.69, 9.17) is 24.4 Å². The summed E-state index contributed by atoms with van der Waals surface area (Å²) >= 11 is 0. The molecule has 2 aromatic carbocycles. The molecular weight excluding hydrogens is 498 g/mol. The third-order valence-electron chi connectivity index (χ3n) is 6.91. The van der Waals surface area contributed by atoms with Crippen molar-refractivity contribution in [1.29, 1.82) is 0 Å². The second-order valence-electron chi connectivity index (χ2n) is 9.95. The van der Waals surface area contributed by atoms with Crippen LogP contribution in [0.1, 0.15) is 32.4 Å². The Kier molecular flexibility index (Phi) is 8.20. The number of ether oxygens (including phenoxy) is 2. The number of hydrogen-bond acceptors (Lipinski definition) is 9. The molecule has 3 heterocycles. The molecule has 0 aliphatic carbocycles. The van der Waals surface area contributed by atoms with Crippen molar-refractivity contribution in [2.75, 3.05) is 60.0 Å². The third-order valence-corrected chi connectivity index (χ3v) is 6.91. The number of carbonyl (C=O) groups excluding carboxylic acids is 1. The fourth-order valence-corrected chi connectivity index (χ4v) is 4.63. The maximum absolute atomic E-state index is 12.5. The van der Waals surface area contributed by atoms with Crippen LogP contribution in [0.25, 0.3) is 11.4 Å². The molecule has 0 radical (unpaired) electrons. The Hall–Kier alpha value is -3.80. The zero-order chi connectivity index (χ0) is 27.4. The maximum Gasteiger partial charge on any atom is 0.323 e. The van der Waals surface area contributed by atoms with Crippen LogP contribution in [0.4, 0.5) is 28.1 Å². The summed E-state index contributed by atoms with van der Waals surface area (Å²) in [4.78, 5) is 31.4. The van der Waals surface area contributed by atoms with Crippen LogP contribution in [0, 0.1) is 0 Å². The van der Waals surface area contributed by atoms with Crippen molar-refractivity contribution in [3.63, 3.8) is 0 Å². The van der Waals surface area contributed by atoms with E-state index in [9.17, 15) is 9.90 Å². The van der Waals surface area contributed by atoms with Crippen molar-refractivity contribution in [2.24, 2.45) is 0 Å². The summed E-state index contributed by atoms with van der Waals surface area (Å²) < 4.78 is 11.2. The zero-order valence-corrected chi connectivity index (χ0v) is 22.5. The average Bonchev–Trinajstić information content (AvgIpc) is 2.94. The van der Waals surface area contributed by atoms with Crippen molar-refractivity contribution in [1.82, 2.24) is 15.0 Å². The number of rotatable bonds is 6. The number of aliphatic hydroxyl groups is 1. The van der Waals surface area contributed by atoms with E-state index in [0.29, 0.717) is 68.6 Å². The van der Waals surface area contributed by atoms with Gasteiger partial charge in [0.15, 0.2) is 5.82 Å². The van der Waals surface area contributed by atoms with E-state index in [2.05, 4.69) is 34.3 Å². The minimum Gasteiger partial charge on any atom is -0.389 e. The van der Waals surface area contributed by atoms with E-state index in [1.165, 1.54) is 0 Å². The lowest BCUT2D eigenvalue weighted by atomic mass is 10.1. The normalized spacial score (nSPS) is 20.4. The van der Waals surface area contributed by atoms with Gasteiger partial charge in [-0.05, 0) is 62.7 Å². The molecular formula is C28H35N7O4. The van der Waals surface area contributed by atoms with Gasteiger partial charge in [-0.3, -0.25) is 0 Å². The van der Waals surface area contributed by atoms with Crippen molar-refractivity contribution in [3.05, 3.63) is 54.1 Å². The number of anilines is 4. The topological polar surface area (TPSA) is 125 Å². The SMILES string of the molecule is CC(O)c1ccc(NC(=O)Nc2ccc(-c3nc(N4CCOCC4C)nc(N4CCOCC4C)n3)cc2)cc1. The summed E-state index contributed by atoms with van der Waals surface area (Å²) in [6.45, 7) is 9.83. The first-order valence-corrected chi connectivity index (χ1v) is 13.3. The summed E-state index contributed by atoms with van der Waals surface area (Å²) in [5.74, 6) is 1.84. The molecule has 11 nitrogen and oxygen atoms in total. The number of urea groups is 1. The van der Waals surface area contributed by atoms with Crippen LogP contribution < -0.4 is 20.4 Å². The molecule has 2 saturated heterocycles. The van der Waals surface area contributed by atoms with E-state index < -0.39 is 6.10 Å². The van der Waals surface area contributed by atoms with Gasteiger partial charge in [-0.15, -0.1) is 0 Å². The second kappa shape index (κ2) is 11.9. The number of nitrogens with one attached hydrogen (secondary N) is 2. The van der Waals surface area contributed by atoms with Gasteiger partial charge in [0.1, 0.15) is 0 Å². The fourth-order valence-electron chi connectivity index (χ4n) is 4.63. The van der Waals surface area contributed by atoms with Crippen molar-refractivity contribution >= 4 is 29.3 Å². The van der Waals surface area contributed by atoms with Crippen LogP contribution >= 0.6 is 0 Å². The molecule has 0 bridgehead atoms. The highest BCUT2D eigenvalue weighted by Gasteiger charge is 2.27. The monoisotopic (exact) mass is 533 g/mol. The van der Waals surface area contributed by atoms with Gasteiger partial charge >= 0.3 is 6.03 Å². The van der Waals surface area contributed by atoms with Gasteiger partial charge in [0.2, 0.25) is 11.9 Å². The highest BCUT2D eigenvalue weighted by atomic mass is 16.5. The van der Waals surface area contributed by atoms with Crippen molar-refractivity contribution in [3.8, 4) is 11.4 Å². The second-order valence-corrected chi connectivity index (χ2v) is 9.95. The van der Waals surface area contributed by atoms with E-state index in [-0.39, 0.29) is 18.1 Å². The minimum atomic E-state index is -0.558. The standard InChI is InChI=1S/C28H35N7O4/c1-18-16-38-14-12-34(18)26-31-25(32-27(33-26)35-13-15-39-17-19(35)2)22-6-10-24(11-7-22)30-28(37)29-23-8-4-21(5-9-23)20(3)36/h4-11,18-20,36H,12-17H2,1-3H3,(H2,29,30,37). The molecule has 11 heteroatoms. The smallest absolute Gasteiger partial charge is 0.323 e. The lowest BCUT2D eigenvalue weighted by Gasteiger charge is -2.36. The Morgan fingerprint density at radius 1 is 0.846 bits per heavy atom. The number of nitrogens with zero attached hydrogens (tertiary/aromatic N) is 5. The summed E-state index contributed by atoms with van der Waals surface area (Å²) in [5, 5.41) is 15.3. The van der Waals surface area contributed by atoms with Gasteiger partial charge in [0, 0.05) is 30.0 Å². The van der Waals surface area contributed by atoms with Crippen LogP contribution in [-0.4, -0.2) is 77.7 Å². The summed E-state index contributed by atoms with van der Waals surface area (Å²) in [5.41, 5.74) is 2.87. The molecule has 39 heavy (non-hydrogen) atoms. The summed E-state index contributed by atoms with van der Waals surface area (Å²) in [7, 11) is 0. The zero-order valence-electron chi connectivity index (χ0n) is 22.5. The average molecular weight is 534 g/mol. The number of benzene rings is 2. The molecule has 3 atom stereocenters. The molecule has 2 aliphatic rings. The highest BCUT2D eigenvalue weighted by Crippen LogP contribution is 2.26. The van der Waals surface area contributed by atoms with Gasteiger partial charge in [-0.25, -0.2) is 4.79 Å². The molecule has 2 amide bonds. The lowest BCUT2D eigenvalue weighted by molar-refractivity contribution is 0.0969. The van der Waals surface area contributed by atoms with Gasteiger partial charge in [0.25, 0.3) is 0 Å². The molecule has 206 valence electrons. The molecule has 2 aliphatic heterocycles. The quantitative estimate of drug-likeness (QED) is 0.435. The molecule has 3 N–H and O–H groups in total. The Morgan fingerprint density at radius 2 is 1.33 bits per heavy atom. The number of carbonyl (C=O) groups is 1. The molecule has 0 saturated carbocycles. The van der Waals surface area contributed by atoms with Crippen LogP contribution in [0.3, 0.4) is 0 Å². The first-order valence-electron chi connectivity index (χ1n) is 13.3. The maximum atomic E-state index is 12.5. The van der Waals surface area contributed by atoms with Gasteiger partial charge in [0.05, 0.1) is 44.6 Å². The van der Waals surface area contributed by atoms with Gasteiger partial charge < -0.3 is 35.0 Å². The summed E-state index contributed by atoms with van der Waals surface area (Å²) in [6.07, 6.45) is -0.558. The number of aromatic nitrogens is 3. The molecule has 3 unspecified atom stereocenters. The van der Waals surface area contributed by atoms with E-state index in [1.54, 1.807) is 31.2 Å². The van der Waals surface area contributed by atoms with Crippen molar-refractivity contribution < 1.29 is 19.4 Å². The first-order chi connectivity index (χ1) is 18.9. The number of morpholine rings is 2. The highest BCUT2D eigenvalue weighted by molar-refractivity contribution is 5.99. The Labute approximate surface area is 228 Å². The molecule has 1 aromatic heterocycles. The number of hydrogen-bond donors (Lipinski definition) is 3. The third kappa shape index (κ3) is 6.44. The van der Waals surface area contributed by atoms with Crippen LogP contribution in [0.5, 0.6) is 0 Å². The van der Waals surface area contributed by atoms with Gasteiger partial charge in [-0.1, -0.05) is 12.1 Å². The largest absolute Gasteiger partial charge is 0.389 e. The molecule has 5 rings (SSSR count). The van der Waals surface area contributed by atoms with Crippen LogP contribution in [0.2, 0.25) is 0 Å². The van der Waals surface area contributed by atoms with Crippen LogP contribution in [0.15, 0.2) is 48.5 Å². The Bertz CT molecular complexity index is 1230. The van der Waals surface area contributed by atoms with E-state index in [0.717, 1.165) is 11.1 Å². The fraction of sp³-hybridized carbons (Fsp3) is 0.429. The van der Waals surface area contributed by atoms with E-state index in [1.807, 2.05) is 24.3 Å². The van der Waals surface area contributed by atoms with E-state index >= 15 is 0 Å². The molecule has 2 fully saturated rings. The minimum absolute atomic E-state index is 0.150. The first kappa shape index (κ1) is 26.8.